The zero-order chi connectivity index (χ0) is 15.0. The van der Waals surface area contributed by atoms with E-state index in [-0.39, 0.29) is 0 Å². The van der Waals surface area contributed by atoms with Crippen LogP contribution in [0.1, 0.15) is 34.1 Å². The molecule has 2 atom stereocenters. The van der Waals surface area contributed by atoms with Gasteiger partial charge in [0.2, 0.25) is 0 Å². The minimum Gasteiger partial charge on any atom is -0.0620 e. The fourth-order valence-electron chi connectivity index (χ4n) is 5.08. The molecule has 0 bridgehead atoms. The maximum absolute atomic E-state index is 2.37. The lowest BCUT2D eigenvalue weighted by atomic mass is 9.89. The Morgan fingerprint density at radius 2 is 1.48 bits per heavy atom. The van der Waals surface area contributed by atoms with E-state index < -0.39 is 0 Å². The molecule has 0 saturated carbocycles. The van der Waals surface area contributed by atoms with Crippen molar-refractivity contribution >= 4 is 21.5 Å². The summed E-state index contributed by atoms with van der Waals surface area (Å²) in [7, 11) is 0. The van der Waals surface area contributed by atoms with Crippen molar-refractivity contribution in [3.8, 4) is 0 Å². The molecule has 4 aromatic rings. The first-order chi connectivity index (χ1) is 11.4. The molecule has 0 fully saturated rings. The van der Waals surface area contributed by atoms with Gasteiger partial charge in [-0.3, -0.25) is 0 Å². The lowest BCUT2D eigenvalue weighted by molar-refractivity contribution is 0.693. The van der Waals surface area contributed by atoms with Crippen LogP contribution in [0.2, 0.25) is 0 Å². The molecule has 0 N–H and O–H groups in total. The van der Waals surface area contributed by atoms with E-state index in [1.807, 2.05) is 0 Å². The molecule has 108 valence electrons. The van der Waals surface area contributed by atoms with Gasteiger partial charge in [0.1, 0.15) is 0 Å². The van der Waals surface area contributed by atoms with Crippen LogP contribution in [0.3, 0.4) is 0 Å². The molecule has 2 aliphatic rings. The quantitative estimate of drug-likeness (QED) is 0.360. The van der Waals surface area contributed by atoms with Gasteiger partial charge in [-0.25, -0.2) is 0 Å². The molecule has 0 radical (unpaired) electrons. The lowest BCUT2D eigenvalue weighted by Crippen LogP contribution is -2.00. The van der Waals surface area contributed by atoms with E-state index >= 15 is 0 Å². The fraction of sp³-hybridized carbons (Fsp3) is 0.130. The Labute approximate surface area is 135 Å². The van der Waals surface area contributed by atoms with E-state index in [1.54, 1.807) is 16.7 Å². The van der Waals surface area contributed by atoms with Crippen molar-refractivity contribution < 1.29 is 0 Å². The van der Waals surface area contributed by atoms with Gasteiger partial charge in [-0.2, -0.15) is 0 Å². The normalized spacial score (nSPS) is 20.9. The summed E-state index contributed by atoms with van der Waals surface area (Å²) in [5.41, 5.74) is 6.22. The molecule has 0 nitrogen and oxygen atoms in total. The molecule has 23 heavy (non-hydrogen) atoms. The molecule has 2 aliphatic carbocycles. The Kier molecular flexibility index (Phi) is 2.08. The third-order valence-electron chi connectivity index (χ3n) is 5.90. The topological polar surface area (TPSA) is 0 Å². The fourth-order valence-corrected chi connectivity index (χ4v) is 5.08. The molecule has 0 aromatic heterocycles. The molecule has 0 heterocycles. The van der Waals surface area contributed by atoms with Crippen LogP contribution in [-0.4, -0.2) is 0 Å². The van der Waals surface area contributed by atoms with Gasteiger partial charge in [0.25, 0.3) is 0 Å². The van der Waals surface area contributed by atoms with Crippen molar-refractivity contribution in [1.82, 2.24) is 0 Å². The van der Waals surface area contributed by atoms with Crippen LogP contribution in [0.4, 0.5) is 0 Å². The zero-order valence-electron chi connectivity index (χ0n) is 12.8. The number of rotatable bonds is 0. The second-order valence-corrected chi connectivity index (χ2v) is 6.94. The first-order valence-electron chi connectivity index (χ1n) is 8.44. The van der Waals surface area contributed by atoms with Gasteiger partial charge < -0.3 is 0 Å². The molecule has 6 rings (SSSR count). The number of fused-ring (bicyclic) bond motifs is 7. The predicted molar refractivity (Wildman–Crippen MR) is 96.2 cm³/mol. The summed E-state index contributed by atoms with van der Waals surface area (Å²) in [6.45, 7) is 0. The first kappa shape index (κ1) is 11.9. The van der Waals surface area contributed by atoms with Crippen molar-refractivity contribution in [2.24, 2.45) is 0 Å². The minimum atomic E-state index is 0.552. The summed E-state index contributed by atoms with van der Waals surface area (Å²) in [4.78, 5) is 0. The average Bonchev–Trinajstić information content (AvgIpc) is 3.12. The van der Waals surface area contributed by atoms with Crippen LogP contribution < -0.4 is 0 Å². The third kappa shape index (κ3) is 1.37. The van der Waals surface area contributed by atoms with Crippen molar-refractivity contribution in [1.29, 1.82) is 0 Å². The molecule has 4 aromatic carbocycles. The van der Waals surface area contributed by atoms with Gasteiger partial charge in [0.15, 0.2) is 0 Å². The van der Waals surface area contributed by atoms with Crippen LogP contribution in [0.5, 0.6) is 0 Å². The second kappa shape index (κ2) is 4.02. The van der Waals surface area contributed by atoms with Crippen molar-refractivity contribution in [3.05, 3.63) is 95.1 Å². The maximum atomic E-state index is 2.37. The molecular formula is C23H16. The van der Waals surface area contributed by atoms with E-state index in [0.29, 0.717) is 11.8 Å². The summed E-state index contributed by atoms with van der Waals surface area (Å²) in [6, 6.07) is 27.2. The number of hydrogen-bond donors (Lipinski definition) is 0. The van der Waals surface area contributed by atoms with E-state index in [9.17, 15) is 0 Å². The first-order valence-corrected chi connectivity index (χ1v) is 8.44. The van der Waals surface area contributed by atoms with Crippen LogP contribution in [0, 0.1) is 0 Å². The Morgan fingerprint density at radius 3 is 2.48 bits per heavy atom. The number of benzene rings is 4. The predicted octanol–water partition coefficient (Wildman–Crippen LogP) is 5.78. The van der Waals surface area contributed by atoms with Gasteiger partial charge in [-0.1, -0.05) is 66.7 Å². The molecular weight excluding hydrogens is 276 g/mol. The summed E-state index contributed by atoms with van der Waals surface area (Å²) in [5.74, 6) is 1.16. The van der Waals surface area contributed by atoms with Gasteiger partial charge in [0, 0.05) is 11.8 Å². The maximum Gasteiger partial charge on any atom is 0.0171 e. The van der Waals surface area contributed by atoms with Crippen molar-refractivity contribution in [2.45, 2.75) is 18.3 Å². The molecule has 0 saturated heterocycles. The SMILES string of the molecule is c1ccc2c(c1)C[C@@H]1c3c4ccccc4cc4cccc(c34)[C@H]21. The minimum absolute atomic E-state index is 0.552. The summed E-state index contributed by atoms with van der Waals surface area (Å²) in [6.07, 6.45) is 1.18. The average molecular weight is 292 g/mol. The van der Waals surface area contributed by atoms with Crippen LogP contribution >= 0.6 is 0 Å². The van der Waals surface area contributed by atoms with E-state index in [0.717, 1.165) is 0 Å². The lowest BCUT2D eigenvalue weighted by Gasteiger charge is -2.14. The van der Waals surface area contributed by atoms with Gasteiger partial charge in [0.05, 0.1) is 0 Å². The van der Waals surface area contributed by atoms with E-state index in [4.69, 9.17) is 0 Å². The van der Waals surface area contributed by atoms with Gasteiger partial charge in [-0.05, 0) is 56.3 Å². The second-order valence-electron chi connectivity index (χ2n) is 6.94. The highest BCUT2D eigenvalue weighted by Crippen LogP contribution is 2.57. The van der Waals surface area contributed by atoms with Gasteiger partial charge in [-0.15, -0.1) is 0 Å². The molecule has 0 aliphatic heterocycles. The molecule has 0 unspecified atom stereocenters. The Hall–Kier alpha value is -2.60. The summed E-state index contributed by atoms with van der Waals surface area (Å²) >= 11 is 0. The van der Waals surface area contributed by atoms with Crippen molar-refractivity contribution in [2.75, 3.05) is 0 Å². The van der Waals surface area contributed by atoms with E-state index in [1.165, 1.54) is 33.5 Å². The Morgan fingerprint density at radius 1 is 0.696 bits per heavy atom. The van der Waals surface area contributed by atoms with Crippen LogP contribution in [0.25, 0.3) is 21.5 Å². The highest BCUT2D eigenvalue weighted by molar-refractivity contribution is 6.06. The largest absolute Gasteiger partial charge is 0.0620 e. The summed E-state index contributed by atoms with van der Waals surface area (Å²) < 4.78 is 0. The van der Waals surface area contributed by atoms with E-state index in [2.05, 4.69) is 72.8 Å². The van der Waals surface area contributed by atoms with Crippen LogP contribution in [-0.2, 0) is 6.42 Å². The highest BCUT2D eigenvalue weighted by atomic mass is 14.4. The van der Waals surface area contributed by atoms with Crippen molar-refractivity contribution in [3.63, 3.8) is 0 Å². The van der Waals surface area contributed by atoms with Crippen LogP contribution in [0.15, 0.2) is 72.8 Å². The zero-order valence-corrected chi connectivity index (χ0v) is 12.8. The number of hydrogen-bond acceptors (Lipinski definition) is 0. The highest BCUT2D eigenvalue weighted by Gasteiger charge is 2.41. The van der Waals surface area contributed by atoms with Gasteiger partial charge >= 0.3 is 0 Å². The Bertz CT molecular complexity index is 1100. The Balaban J connectivity index is 1.79. The molecule has 0 heteroatoms. The summed E-state index contributed by atoms with van der Waals surface area (Å²) in [5, 5.41) is 5.76. The molecule has 0 amide bonds. The smallest absolute Gasteiger partial charge is 0.0171 e. The molecule has 0 spiro atoms. The monoisotopic (exact) mass is 292 g/mol. The standard InChI is InChI=1S/C23H16/c1-4-10-18-14(6-1)12-16-8-5-11-19-21(16)23(18)20-13-15-7-2-3-9-17(15)22(19)20/h1-12,20,22H,13H2/t20-,22-/m0/s1. The third-order valence-corrected chi connectivity index (χ3v) is 5.90.